The van der Waals surface area contributed by atoms with Crippen LogP contribution in [0.5, 0.6) is 5.75 Å². The first kappa shape index (κ1) is 24.6. The maximum Gasteiger partial charge on any atom is 0.300 e. The maximum absolute atomic E-state index is 12.5. The number of oxime groups is 1. The van der Waals surface area contributed by atoms with Crippen molar-refractivity contribution in [1.82, 2.24) is 4.98 Å². The predicted molar refractivity (Wildman–Crippen MR) is 140 cm³/mol. The Bertz CT molecular complexity index is 1350. The van der Waals surface area contributed by atoms with Gasteiger partial charge in [0.25, 0.3) is 6.01 Å². The minimum atomic E-state index is -0.177. The van der Waals surface area contributed by atoms with Crippen molar-refractivity contribution in [2.45, 2.75) is 39.2 Å². The largest absolute Gasteiger partial charge is 0.491 e. The van der Waals surface area contributed by atoms with Crippen LogP contribution in [0.25, 0.3) is 11.1 Å². The molecule has 0 aliphatic heterocycles. The number of nitrogens with one attached hydrogen (secondary N) is 2. The SMILES string of the molecule is CCc1ccc(Nc2nc3cc(NC(=O)CCC(C)Oc4ccc(/C(N)=N/O)cc4)ccc3o2)cc1. The van der Waals surface area contributed by atoms with E-state index in [1.165, 1.54) is 5.56 Å². The molecule has 1 aromatic heterocycles. The molecule has 5 N–H and O–H groups in total. The van der Waals surface area contributed by atoms with Crippen molar-refractivity contribution in [3.63, 3.8) is 0 Å². The van der Waals surface area contributed by atoms with Gasteiger partial charge in [0.15, 0.2) is 11.4 Å². The summed E-state index contributed by atoms with van der Waals surface area (Å²) in [6.45, 7) is 4.01. The zero-order chi connectivity index (χ0) is 25.5. The molecule has 0 saturated heterocycles. The van der Waals surface area contributed by atoms with Crippen molar-refractivity contribution in [1.29, 1.82) is 0 Å². The van der Waals surface area contributed by atoms with Crippen molar-refractivity contribution in [3.8, 4) is 5.75 Å². The second-order valence-corrected chi connectivity index (χ2v) is 8.40. The molecule has 186 valence electrons. The van der Waals surface area contributed by atoms with E-state index in [4.69, 9.17) is 20.1 Å². The molecule has 1 unspecified atom stereocenters. The lowest BCUT2D eigenvalue weighted by atomic mass is 10.1. The number of carbonyl (C=O) groups is 1. The van der Waals surface area contributed by atoms with Crippen LogP contribution in [0.4, 0.5) is 17.4 Å². The van der Waals surface area contributed by atoms with E-state index in [0.29, 0.717) is 47.0 Å². The van der Waals surface area contributed by atoms with Gasteiger partial charge in [-0.2, -0.15) is 4.98 Å². The van der Waals surface area contributed by atoms with Crippen LogP contribution in [0, 0.1) is 0 Å². The fourth-order valence-corrected chi connectivity index (χ4v) is 3.62. The summed E-state index contributed by atoms with van der Waals surface area (Å²) in [4.78, 5) is 17.0. The number of rotatable bonds is 10. The van der Waals surface area contributed by atoms with E-state index >= 15 is 0 Å². The number of aryl methyl sites for hydroxylation is 1. The van der Waals surface area contributed by atoms with Crippen LogP contribution in [0.2, 0.25) is 0 Å². The molecule has 0 fully saturated rings. The van der Waals surface area contributed by atoms with E-state index < -0.39 is 0 Å². The summed E-state index contributed by atoms with van der Waals surface area (Å²) in [5.74, 6) is 0.550. The Morgan fingerprint density at radius 2 is 1.83 bits per heavy atom. The van der Waals surface area contributed by atoms with Gasteiger partial charge in [-0.25, -0.2) is 0 Å². The Morgan fingerprint density at radius 3 is 2.53 bits per heavy atom. The highest BCUT2D eigenvalue weighted by Gasteiger charge is 2.11. The summed E-state index contributed by atoms with van der Waals surface area (Å²) < 4.78 is 11.6. The Hall–Kier alpha value is -4.53. The number of hydrogen-bond acceptors (Lipinski definition) is 7. The average molecular weight is 488 g/mol. The second-order valence-electron chi connectivity index (χ2n) is 8.40. The quantitative estimate of drug-likeness (QED) is 0.102. The van der Waals surface area contributed by atoms with E-state index in [9.17, 15) is 4.79 Å². The summed E-state index contributed by atoms with van der Waals surface area (Å²) in [6.07, 6.45) is 1.63. The molecule has 0 saturated carbocycles. The number of nitrogens with zero attached hydrogens (tertiary/aromatic N) is 2. The number of aromatic nitrogens is 1. The first-order chi connectivity index (χ1) is 17.4. The molecule has 9 heteroatoms. The van der Waals surface area contributed by atoms with Gasteiger partial charge in [0.1, 0.15) is 11.3 Å². The lowest BCUT2D eigenvalue weighted by Crippen LogP contribution is -2.18. The van der Waals surface area contributed by atoms with Gasteiger partial charge in [-0.15, -0.1) is 0 Å². The summed E-state index contributed by atoms with van der Waals surface area (Å²) in [5.41, 5.74) is 10.2. The van der Waals surface area contributed by atoms with Crippen molar-refractivity contribution in [2.24, 2.45) is 10.9 Å². The second kappa shape index (κ2) is 11.3. The summed E-state index contributed by atoms with van der Waals surface area (Å²) in [7, 11) is 0. The maximum atomic E-state index is 12.5. The van der Waals surface area contributed by atoms with Gasteiger partial charge in [0.05, 0.1) is 6.10 Å². The highest BCUT2D eigenvalue weighted by atomic mass is 16.5. The van der Waals surface area contributed by atoms with Crippen LogP contribution in [-0.2, 0) is 11.2 Å². The van der Waals surface area contributed by atoms with E-state index in [1.807, 2.05) is 19.1 Å². The molecule has 0 bridgehead atoms. The minimum absolute atomic E-state index is 0.0317. The third kappa shape index (κ3) is 6.32. The first-order valence-electron chi connectivity index (χ1n) is 11.7. The van der Waals surface area contributed by atoms with Gasteiger partial charge in [0, 0.05) is 23.4 Å². The van der Waals surface area contributed by atoms with Crippen LogP contribution in [0.1, 0.15) is 37.8 Å². The Labute approximate surface area is 209 Å². The number of hydrogen-bond donors (Lipinski definition) is 4. The molecular formula is C27H29N5O4. The Balaban J connectivity index is 1.29. The number of anilines is 3. The van der Waals surface area contributed by atoms with Gasteiger partial charge < -0.3 is 30.7 Å². The summed E-state index contributed by atoms with van der Waals surface area (Å²) >= 11 is 0. The molecule has 36 heavy (non-hydrogen) atoms. The molecule has 3 aromatic carbocycles. The number of carbonyl (C=O) groups excluding carboxylic acids is 1. The number of fused-ring (bicyclic) bond motifs is 1. The number of amidine groups is 1. The summed E-state index contributed by atoms with van der Waals surface area (Å²) in [6, 6.07) is 20.7. The van der Waals surface area contributed by atoms with Crippen LogP contribution in [0.3, 0.4) is 0 Å². The topological polar surface area (TPSA) is 135 Å². The number of oxazole rings is 1. The van der Waals surface area contributed by atoms with Crippen LogP contribution < -0.4 is 21.1 Å². The monoisotopic (exact) mass is 487 g/mol. The van der Waals surface area contributed by atoms with Gasteiger partial charge in [-0.05, 0) is 79.9 Å². The van der Waals surface area contributed by atoms with Gasteiger partial charge in [0.2, 0.25) is 5.91 Å². The van der Waals surface area contributed by atoms with E-state index in [0.717, 1.165) is 12.1 Å². The number of amides is 1. The third-order valence-corrected chi connectivity index (χ3v) is 5.66. The van der Waals surface area contributed by atoms with Crippen molar-refractivity contribution in [3.05, 3.63) is 77.9 Å². The van der Waals surface area contributed by atoms with E-state index in [2.05, 4.69) is 39.8 Å². The van der Waals surface area contributed by atoms with Crippen molar-refractivity contribution < 1.29 is 19.2 Å². The number of benzene rings is 3. The highest BCUT2D eigenvalue weighted by molar-refractivity contribution is 5.97. The predicted octanol–water partition coefficient (Wildman–Crippen LogP) is 5.41. The standard InChI is InChI=1S/C27H29N5O4/c1-3-18-5-9-20(10-6-18)30-27-31-23-16-21(11-14-24(23)36-27)29-25(33)15-4-17(2)35-22-12-7-19(8-13-22)26(28)32-34/h5-14,16-17,34H,3-4,15H2,1-2H3,(H2,28,32)(H,29,33)(H,30,31). The lowest BCUT2D eigenvalue weighted by molar-refractivity contribution is -0.116. The summed E-state index contributed by atoms with van der Waals surface area (Å²) in [5, 5.41) is 17.8. The number of nitrogens with two attached hydrogens (primary N) is 1. The fraction of sp³-hybridized carbons (Fsp3) is 0.222. The molecule has 4 aromatic rings. The molecule has 1 amide bonds. The van der Waals surface area contributed by atoms with E-state index in [1.54, 1.807) is 42.5 Å². The number of ether oxygens (including phenoxy) is 1. The van der Waals surface area contributed by atoms with Gasteiger partial charge in [-0.1, -0.05) is 24.2 Å². The zero-order valence-electron chi connectivity index (χ0n) is 20.2. The minimum Gasteiger partial charge on any atom is -0.491 e. The molecular weight excluding hydrogens is 458 g/mol. The fourth-order valence-electron chi connectivity index (χ4n) is 3.62. The zero-order valence-corrected chi connectivity index (χ0v) is 20.2. The smallest absolute Gasteiger partial charge is 0.300 e. The molecule has 4 rings (SSSR count). The van der Waals surface area contributed by atoms with Crippen molar-refractivity contribution >= 4 is 40.2 Å². The van der Waals surface area contributed by atoms with Crippen LogP contribution >= 0.6 is 0 Å². The molecule has 0 aliphatic rings. The van der Waals surface area contributed by atoms with Gasteiger partial charge in [-0.3, -0.25) is 4.79 Å². The molecule has 1 heterocycles. The third-order valence-electron chi connectivity index (χ3n) is 5.66. The van der Waals surface area contributed by atoms with Crippen LogP contribution in [0.15, 0.2) is 76.3 Å². The van der Waals surface area contributed by atoms with E-state index in [-0.39, 0.29) is 17.8 Å². The van der Waals surface area contributed by atoms with Gasteiger partial charge >= 0.3 is 0 Å². The Morgan fingerprint density at radius 1 is 1.11 bits per heavy atom. The Kier molecular flexibility index (Phi) is 7.69. The van der Waals surface area contributed by atoms with Crippen LogP contribution in [-0.4, -0.2) is 28.0 Å². The molecule has 9 nitrogen and oxygen atoms in total. The molecule has 0 aliphatic carbocycles. The normalized spacial score (nSPS) is 12.3. The lowest BCUT2D eigenvalue weighted by Gasteiger charge is -2.15. The molecule has 0 radical (unpaired) electrons. The highest BCUT2D eigenvalue weighted by Crippen LogP contribution is 2.25. The average Bonchev–Trinajstić information content (AvgIpc) is 3.29. The molecule has 0 spiro atoms. The first-order valence-corrected chi connectivity index (χ1v) is 11.7. The van der Waals surface area contributed by atoms with Crippen molar-refractivity contribution in [2.75, 3.05) is 10.6 Å². The molecule has 1 atom stereocenters.